The van der Waals surface area contributed by atoms with E-state index in [4.69, 9.17) is 9.84 Å². The van der Waals surface area contributed by atoms with E-state index in [9.17, 15) is 14.4 Å². The van der Waals surface area contributed by atoms with E-state index in [1.165, 1.54) is 13.0 Å². The van der Waals surface area contributed by atoms with Crippen LogP contribution in [0.25, 0.3) is 22.3 Å². The molecule has 176 valence electrons. The fraction of sp³-hybridized carbons (Fsp3) is 0.280. The monoisotopic (exact) mass is 478 g/mol. The second-order valence-electron chi connectivity index (χ2n) is 7.93. The highest BCUT2D eigenvalue weighted by molar-refractivity contribution is 7.13. The van der Waals surface area contributed by atoms with Gasteiger partial charge in [-0.1, -0.05) is 24.3 Å². The number of esters is 1. The number of carbonyl (C=O) groups is 3. The number of hydrogen-bond donors (Lipinski definition) is 0. The molecule has 0 N–H and O–H groups in total. The molecule has 8 nitrogen and oxygen atoms in total. The van der Waals surface area contributed by atoms with Gasteiger partial charge >= 0.3 is 5.97 Å². The number of hydrogen-bond acceptors (Lipinski definition) is 6. The number of nitrogens with zero attached hydrogens (tertiary/aromatic N) is 4. The summed E-state index contributed by atoms with van der Waals surface area (Å²) in [5.41, 5.74) is 2.43. The average molecular weight is 479 g/mol. The van der Waals surface area contributed by atoms with Crippen molar-refractivity contribution in [2.45, 2.75) is 20.0 Å². The summed E-state index contributed by atoms with van der Waals surface area (Å²) >= 11 is 1.56. The second-order valence-corrected chi connectivity index (χ2v) is 8.88. The van der Waals surface area contributed by atoms with E-state index in [0.29, 0.717) is 26.2 Å². The van der Waals surface area contributed by atoms with Crippen LogP contribution in [0.5, 0.6) is 0 Å². The van der Waals surface area contributed by atoms with Crippen LogP contribution in [0.4, 0.5) is 0 Å². The summed E-state index contributed by atoms with van der Waals surface area (Å²) in [6.07, 6.45) is 3.93. The molecule has 1 aliphatic heterocycles. The Balaban J connectivity index is 1.43. The van der Waals surface area contributed by atoms with Gasteiger partial charge in [-0.3, -0.25) is 9.59 Å². The zero-order valence-electron chi connectivity index (χ0n) is 19.1. The van der Waals surface area contributed by atoms with E-state index < -0.39 is 12.1 Å². The van der Waals surface area contributed by atoms with Crippen molar-refractivity contribution in [2.24, 2.45) is 0 Å². The number of rotatable bonds is 6. The van der Waals surface area contributed by atoms with Crippen molar-refractivity contribution in [3.63, 3.8) is 0 Å². The van der Waals surface area contributed by atoms with Crippen LogP contribution in [-0.2, 0) is 19.1 Å². The summed E-state index contributed by atoms with van der Waals surface area (Å²) < 4.78 is 7.13. The largest absolute Gasteiger partial charge is 0.449 e. The van der Waals surface area contributed by atoms with E-state index in [1.807, 2.05) is 54.0 Å². The third kappa shape index (κ3) is 5.43. The Morgan fingerprint density at radius 3 is 2.38 bits per heavy atom. The van der Waals surface area contributed by atoms with Crippen LogP contribution in [0, 0.1) is 0 Å². The van der Waals surface area contributed by atoms with Gasteiger partial charge in [0, 0.05) is 50.9 Å². The van der Waals surface area contributed by atoms with Gasteiger partial charge in [0.25, 0.3) is 5.91 Å². The normalized spacial score (nSPS) is 14.9. The van der Waals surface area contributed by atoms with Crippen LogP contribution in [0.1, 0.15) is 19.4 Å². The van der Waals surface area contributed by atoms with Crippen molar-refractivity contribution in [1.29, 1.82) is 0 Å². The first kappa shape index (κ1) is 23.4. The molecule has 2 aromatic heterocycles. The summed E-state index contributed by atoms with van der Waals surface area (Å²) in [6.45, 7) is 4.91. The number of benzene rings is 1. The minimum absolute atomic E-state index is 0.00535. The maximum absolute atomic E-state index is 12.7. The third-order valence-electron chi connectivity index (χ3n) is 5.59. The van der Waals surface area contributed by atoms with Crippen LogP contribution in [0.3, 0.4) is 0 Å². The van der Waals surface area contributed by atoms with Gasteiger partial charge in [0.2, 0.25) is 5.91 Å². The molecule has 1 aliphatic rings. The molecule has 4 rings (SSSR count). The Hall–Kier alpha value is -3.72. The predicted octanol–water partition coefficient (Wildman–Crippen LogP) is 3.24. The first-order valence-corrected chi connectivity index (χ1v) is 11.9. The van der Waals surface area contributed by atoms with E-state index >= 15 is 0 Å². The Morgan fingerprint density at radius 1 is 1.03 bits per heavy atom. The highest BCUT2D eigenvalue weighted by Crippen LogP contribution is 2.28. The molecule has 0 spiro atoms. The number of carbonyl (C=O) groups excluding carboxylic acids is 3. The van der Waals surface area contributed by atoms with E-state index in [1.54, 1.807) is 38.8 Å². The van der Waals surface area contributed by atoms with Crippen molar-refractivity contribution in [2.75, 3.05) is 26.2 Å². The molecule has 2 amide bonds. The first-order valence-electron chi connectivity index (χ1n) is 11.0. The van der Waals surface area contributed by atoms with Crippen molar-refractivity contribution in [3.05, 3.63) is 65.7 Å². The molecule has 3 aromatic rings. The maximum Gasteiger partial charge on any atom is 0.331 e. The molecule has 1 unspecified atom stereocenters. The van der Waals surface area contributed by atoms with Crippen LogP contribution >= 0.6 is 11.3 Å². The van der Waals surface area contributed by atoms with E-state index in [-0.39, 0.29) is 11.8 Å². The smallest absolute Gasteiger partial charge is 0.331 e. The molecule has 0 saturated carbocycles. The minimum Gasteiger partial charge on any atom is -0.449 e. The topological polar surface area (TPSA) is 84.7 Å². The maximum atomic E-state index is 12.7. The number of aromatic nitrogens is 2. The molecule has 0 bridgehead atoms. The highest BCUT2D eigenvalue weighted by atomic mass is 32.1. The summed E-state index contributed by atoms with van der Waals surface area (Å²) in [7, 11) is 0. The Morgan fingerprint density at radius 2 is 1.74 bits per heavy atom. The zero-order chi connectivity index (χ0) is 24.1. The van der Waals surface area contributed by atoms with Crippen molar-refractivity contribution >= 4 is 35.2 Å². The highest BCUT2D eigenvalue weighted by Gasteiger charge is 2.27. The second kappa shape index (κ2) is 10.5. The third-order valence-corrected chi connectivity index (χ3v) is 6.47. The lowest BCUT2D eigenvalue weighted by Crippen LogP contribution is -2.52. The zero-order valence-corrected chi connectivity index (χ0v) is 19.9. The van der Waals surface area contributed by atoms with Crippen LogP contribution in [-0.4, -0.2) is 69.6 Å². The lowest BCUT2D eigenvalue weighted by molar-refractivity contribution is -0.156. The molecule has 34 heavy (non-hydrogen) atoms. The van der Waals surface area contributed by atoms with Crippen molar-refractivity contribution < 1.29 is 19.1 Å². The molecule has 1 saturated heterocycles. The van der Waals surface area contributed by atoms with Gasteiger partial charge in [0.15, 0.2) is 6.10 Å². The molecule has 1 aromatic carbocycles. The van der Waals surface area contributed by atoms with Crippen LogP contribution in [0.2, 0.25) is 0 Å². The van der Waals surface area contributed by atoms with E-state index in [0.717, 1.165) is 21.8 Å². The number of thiophene rings is 1. The molecule has 1 atom stereocenters. The standard InChI is InChI=1S/C25H26N4O4S/c1-18(25(32)28-14-12-27(13-15-28)19(2)30)33-23(31)11-10-20-17-29(21-7-4-3-5-8-21)26-24(20)22-9-6-16-34-22/h3-11,16-18H,12-15H2,1-2H3/b11-10+. The fourth-order valence-corrected chi connectivity index (χ4v) is 4.48. The van der Waals surface area contributed by atoms with Gasteiger partial charge in [-0.15, -0.1) is 11.3 Å². The first-order chi connectivity index (χ1) is 16.4. The lowest BCUT2D eigenvalue weighted by Gasteiger charge is -2.35. The molecule has 0 aliphatic carbocycles. The molecule has 1 fully saturated rings. The summed E-state index contributed by atoms with van der Waals surface area (Å²) in [6, 6.07) is 13.7. The van der Waals surface area contributed by atoms with E-state index in [2.05, 4.69) is 0 Å². The quantitative estimate of drug-likeness (QED) is 0.401. The molecule has 0 radical (unpaired) electrons. The van der Waals surface area contributed by atoms with Crippen molar-refractivity contribution in [1.82, 2.24) is 19.6 Å². The Bertz CT molecular complexity index is 1180. The van der Waals surface area contributed by atoms with Crippen molar-refractivity contribution in [3.8, 4) is 16.3 Å². The number of amides is 2. The molecular weight excluding hydrogens is 452 g/mol. The Kier molecular flexibility index (Phi) is 7.22. The molecule has 3 heterocycles. The lowest BCUT2D eigenvalue weighted by atomic mass is 10.2. The van der Waals surface area contributed by atoms with Gasteiger partial charge in [-0.25, -0.2) is 9.48 Å². The van der Waals surface area contributed by atoms with Crippen LogP contribution in [0.15, 0.2) is 60.1 Å². The SMILES string of the molecule is CC(=O)N1CCN(C(=O)C(C)OC(=O)/C=C/c2cn(-c3ccccc3)nc2-c2cccs2)CC1. The summed E-state index contributed by atoms with van der Waals surface area (Å²) in [4.78, 5) is 40.9. The fourth-order valence-electron chi connectivity index (χ4n) is 3.75. The molecular formula is C25H26N4O4S. The Labute approximate surface area is 202 Å². The average Bonchev–Trinajstić information content (AvgIpc) is 3.53. The van der Waals surface area contributed by atoms with Gasteiger partial charge in [0.1, 0.15) is 5.69 Å². The molecule has 9 heteroatoms. The van der Waals surface area contributed by atoms with Gasteiger partial charge in [0.05, 0.1) is 10.6 Å². The summed E-state index contributed by atoms with van der Waals surface area (Å²) in [5.74, 6) is -0.872. The predicted molar refractivity (Wildman–Crippen MR) is 130 cm³/mol. The summed E-state index contributed by atoms with van der Waals surface area (Å²) in [5, 5.41) is 6.68. The van der Waals surface area contributed by atoms with Gasteiger partial charge < -0.3 is 14.5 Å². The minimum atomic E-state index is -0.912. The van der Waals surface area contributed by atoms with Gasteiger partial charge in [-0.2, -0.15) is 5.10 Å². The van der Waals surface area contributed by atoms with Crippen LogP contribution < -0.4 is 0 Å². The number of ether oxygens (including phenoxy) is 1. The van der Waals surface area contributed by atoms with Gasteiger partial charge in [-0.05, 0) is 36.6 Å². The number of para-hydroxylation sites is 1. The number of piperazine rings is 1.